The zero-order valence-corrected chi connectivity index (χ0v) is 11.1. The molecular formula is C13H15ClN2O2. The lowest BCUT2D eigenvalue weighted by molar-refractivity contribution is -0.132. The average Bonchev–Trinajstić information content (AvgIpc) is 2.66. The third-order valence-electron chi connectivity index (χ3n) is 3.08. The Balaban J connectivity index is 2.35. The summed E-state index contributed by atoms with van der Waals surface area (Å²) in [4.78, 5) is 26.9. The van der Waals surface area contributed by atoms with Gasteiger partial charge in [-0.15, -0.1) is 11.6 Å². The van der Waals surface area contributed by atoms with Crippen molar-refractivity contribution < 1.29 is 9.59 Å². The van der Waals surface area contributed by atoms with Gasteiger partial charge in [-0.1, -0.05) is 30.3 Å². The Kier molecular flexibility index (Phi) is 3.57. The van der Waals surface area contributed by atoms with Crippen LogP contribution in [0, 0.1) is 0 Å². The van der Waals surface area contributed by atoms with Crippen LogP contribution in [0.15, 0.2) is 30.3 Å². The molecule has 2 amide bonds. The summed E-state index contributed by atoms with van der Waals surface area (Å²) in [5.41, 5.74) is 0.913. The maximum atomic E-state index is 12.0. The van der Waals surface area contributed by atoms with Gasteiger partial charge in [0.25, 0.3) is 0 Å². The molecular weight excluding hydrogens is 252 g/mol. The average molecular weight is 267 g/mol. The van der Waals surface area contributed by atoms with Crippen LogP contribution < -0.4 is 0 Å². The van der Waals surface area contributed by atoms with E-state index in [4.69, 9.17) is 11.6 Å². The van der Waals surface area contributed by atoms with Gasteiger partial charge in [0.05, 0.1) is 0 Å². The zero-order valence-electron chi connectivity index (χ0n) is 10.3. The molecule has 0 radical (unpaired) electrons. The van der Waals surface area contributed by atoms with Gasteiger partial charge in [0.1, 0.15) is 18.1 Å². The summed E-state index contributed by atoms with van der Waals surface area (Å²) in [5, 5.41) is -0.629. The van der Waals surface area contributed by atoms with Gasteiger partial charge in [0.15, 0.2) is 0 Å². The molecule has 0 bridgehead atoms. The quantitative estimate of drug-likeness (QED) is 0.763. The van der Waals surface area contributed by atoms with Crippen LogP contribution in [0.1, 0.15) is 18.7 Å². The number of nitrogens with zero attached hydrogens (tertiary/aromatic N) is 2. The lowest BCUT2D eigenvalue weighted by Crippen LogP contribution is -2.37. The van der Waals surface area contributed by atoms with Crippen LogP contribution in [0.2, 0.25) is 0 Å². The van der Waals surface area contributed by atoms with Crippen molar-refractivity contribution in [2.75, 3.05) is 13.6 Å². The first-order chi connectivity index (χ1) is 8.52. The van der Waals surface area contributed by atoms with E-state index >= 15 is 0 Å². The van der Waals surface area contributed by atoms with E-state index in [1.807, 2.05) is 30.3 Å². The second-order valence-corrected chi connectivity index (χ2v) is 5.03. The molecule has 0 aliphatic carbocycles. The highest BCUT2D eigenvalue weighted by Crippen LogP contribution is 2.30. The third-order valence-corrected chi connectivity index (χ3v) is 3.27. The van der Waals surface area contributed by atoms with E-state index in [0.29, 0.717) is 0 Å². The number of carbonyl (C=O) groups excluding carboxylic acids is 2. The minimum Gasteiger partial charge on any atom is -0.320 e. The summed E-state index contributed by atoms with van der Waals surface area (Å²) in [7, 11) is 1.70. The molecule has 1 aromatic carbocycles. The van der Waals surface area contributed by atoms with E-state index in [1.165, 1.54) is 4.90 Å². The number of halogens is 1. The van der Waals surface area contributed by atoms with Gasteiger partial charge in [0.2, 0.25) is 11.8 Å². The van der Waals surface area contributed by atoms with Crippen molar-refractivity contribution >= 4 is 23.4 Å². The summed E-state index contributed by atoms with van der Waals surface area (Å²) in [5.74, 6) is -0.294. The Labute approximate surface area is 111 Å². The van der Waals surface area contributed by atoms with Gasteiger partial charge in [-0.25, -0.2) is 0 Å². The topological polar surface area (TPSA) is 40.6 Å². The fourth-order valence-corrected chi connectivity index (χ4v) is 2.27. The molecule has 0 spiro atoms. The van der Waals surface area contributed by atoms with E-state index in [-0.39, 0.29) is 24.5 Å². The second kappa shape index (κ2) is 4.98. The molecule has 4 nitrogen and oxygen atoms in total. The minimum absolute atomic E-state index is 0.0745. The summed E-state index contributed by atoms with van der Waals surface area (Å²) < 4.78 is 0. The summed E-state index contributed by atoms with van der Waals surface area (Å²) >= 11 is 5.84. The molecule has 2 atom stereocenters. The Morgan fingerprint density at radius 1 is 1.39 bits per heavy atom. The largest absolute Gasteiger partial charge is 0.320 e. The Morgan fingerprint density at radius 3 is 2.56 bits per heavy atom. The van der Waals surface area contributed by atoms with Gasteiger partial charge in [0, 0.05) is 7.05 Å². The molecule has 0 N–H and O–H groups in total. The monoisotopic (exact) mass is 266 g/mol. The molecule has 18 heavy (non-hydrogen) atoms. The Hall–Kier alpha value is -1.55. The zero-order chi connectivity index (χ0) is 13.3. The number of likely N-dealkylation sites (N-methyl/N-ethyl adjacent to an activating group) is 1. The van der Waals surface area contributed by atoms with Crippen LogP contribution in [0.5, 0.6) is 0 Å². The van der Waals surface area contributed by atoms with Crippen molar-refractivity contribution in [2.24, 2.45) is 0 Å². The van der Waals surface area contributed by atoms with Crippen molar-refractivity contribution in [2.45, 2.75) is 18.5 Å². The van der Waals surface area contributed by atoms with Gasteiger partial charge in [-0.05, 0) is 12.5 Å². The second-order valence-electron chi connectivity index (χ2n) is 4.37. The third kappa shape index (κ3) is 2.20. The molecule has 1 saturated heterocycles. The molecule has 1 aliphatic rings. The number of alkyl halides is 1. The normalized spacial score (nSPS) is 21.3. The molecule has 1 fully saturated rings. The van der Waals surface area contributed by atoms with Crippen LogP contribution in [0.4, 0.5) is 0 Å². The lowest BCUT2D eigenvalue weighted by Gasteiger charge is -2.28. The van der Waals surface area contributed by atoms with Gasteiger partial charge < -0.3 is 9.80 Å². The summed E-state index contributed by atoms with van der Waals surface area (Å²) in [6.07, 6.45) is -0.354. The van der Waals surface area contributed by atoms with Gasteiger partial charge in [-0.2, -0.15) is 0 Å². The number of rotatable bonds is 2. The van der Waals surface area contributed by atoms with Crippen LogP contribution in [0.3, 0.4) is 0 Å². The molecule has 96 valence electrons. The van der Waals surface area contributed by atoms with E-state index in [0.717, 1.165) is 5.56 Å². The smallest absolute Gasteiger partial charge is 0.243 e. The molecule has 1 aliphatic heterocycles. The fourth-order valence-electron chi connectivity index (χ4n) is 2.14. The first kappa shape index (κ1) is 12.9. The molecule has 0 saturated carbocycles. The van der Waals surface area contributed by atoms with Crippen LogP contribution >= 0.6 is 11.6 Å². The standard InChI is InChI=1S/C13H15ClN2O2/c1-9(14)13(18)16-8-11(17)15(2)12(16)10-6-4-3-5-7-10/h3-7,9,12H,8H2,1-2H3. The molecule has 2 unspecified atom stereocenters. The first-order valence-corrected chi connectivity index (χ1v) is 6.21. The van der Waals surface area contributed by atoms with E-state index < -0.39 is 5.38 Å². The minimum atomic E-state index is -0.629. The van der Waals surface area contributed by atoms with Crippen molar-refractivity contribution in [1.82, 2.24) is 9.80 Å². The van der Waals surface area contributed by atoms with Crippen LogP contribution in [-0.2, 0) is 9.59 Å². The number of carbonyl (C=O) groups is 2. The van der Waals surface area contributed by atoms with Gasteiger partial charge in [-0.3, -0.25) is 9.59 Å². The molecule has 0 aromatic heterocycles. The number of benzene rings is 1. The molecule has 1 aromatic rings. The van der Waals surface area contributed by atoms with Crippen molar-refractivity contribution in [3.8, 4) is 0 Å². The van der Waals surface area contributed by atoms with Crippen molar-refractivity contribution in [3.63, 3.8) is 0 Å². The van der Waals surface area contributed by atoms with E-state index in [9.17, 15) is 9.59 Å². The number of amides is 2. The van der Waals surface area contributed by atoms with Crippen LogP contribution in [-0.4, -0.2) is 40.6 Å². The molecule has 1 heterocycles. The SMILES string of the molecule is CC(Cl)C(=O)N1CC(=O)N(C)C1c1ccccc1. The highest BCUT2D eigenvalue weighted by molar-refractivity contribution is 6.30. The number of hydrogen-bond donors (Lipinski definition) is 0. The fraction of sp³-hybridized carbons (Fsp3) is 0.385. The summed E-state index contributed by atoms with van der Waals surface area (Å²) in [6, 6.07) is 9.48. The maximum absolute atomic E-state index is 12.0. The van der Waals surface area contributed by atoms with Crippen molar-refractivity contribution in [3.05, 3.63) is 35.9 Å². The predicted octanol–water partition coefficient (Wildman–Crippen LogP) is 1.61. The maximum Gasteiger partial charge on any atom is 0.243 e. The van der Waals surface area contributed by atoms with Crippen LogP contribution in [0.25, 0.3) is 0 Å². The summed E-state index contributed by atoms with van der Waals surface area (Å²) in [6.45, 7) is 1.71. The Bertz CT molecular complexity index is 461. The molecule has 5 heteroatoms. The van der Waals surface area contributed by atoms with Gasteiger partial charge >= 0.3 is 0 Å². The van der Waals surface area contributed by atoms with Crippen molar-refractivity contribution in [1.29, 1.82) is 0 Å². The van der Waals surface area contributed by atoms with E-state index in [1.54, 1.807) is 18.9 Å². The lowest BCUT2D eigenvalue weighted by atomic mass is 10.1. The first-order valence-electron chi connectivity index (χ1n) is 5.77. The Morgan fingerprint density at radius 2 is 2.00 bits per heavy atom. The highest BCUT2D eigenvalue weighted by Gasteiger charge is 2.40. The highest BCUT2D eigenvalue weighted by atomic mass is 35.5. The van der Waals surface area contributed by atoms with E-state index in [2.05, 4.69) is 0 Å². The molecule has 2 rings (SSSR count). The number of hydrogen-bond acceptors (Lipinski definition) is 2. The predicted molar refractivity (Wildman–Crippen MR) is 69.0 cm³/mol.